The van der Waals surface area contributed by atoms with E-state index in [-0.39, 0.29) is 0 Å². The first-order chi connectivity index (χ1) is 12.0. The van der Waals surface area contributed by atoms with Crippen molar-refractivity contribution in [2.75, 3.05) is 0 Å². The number of phenolic OH excluding ortho intramolecular Hbond substituents is 2. The first-order valence-corrected chi connectivity index (χ1v) is 8.46. The summed E-state index contributed by atoms with van der Waals surface area (Å²) in [5.41, 5.74) is 9.00. The Morgan fingerprint density at radius 2 is 1.52 bits per heavy atom. The van der Waals surface area contributed by atoms with Crippen LogP contribution in [0.4, 0.5) is 0 Å². The first-order valence-electron chi connectivity index (χ1n) is 8.46. The molecule has 124 valence electrons. The zero-order valence-electron chi connectivity index (χ0n) is 14.4. The highest BCUT2D eigenvalue weighted by molar-refractivity contribution is 6.04. The fourth-order valence-electron chi connectivity index (χ4n) is 3.71. The molecule has 25 heavy (non-hydrogen) atoms. The molecule has 0 unspecified atom stereocenters. The Labute approximate surface area is 147 Å². The van der Waals surface area contributed by atoms with E-state index in [1.54, 1.807) is 6.07 Å². The molecule has 0 heterocycles. The molecule has 3 aromatic carbocycles. The summed E-state index contributed by atoms with van der Waals surface area (Å²) in [6.07, 6.45) is 0.829. The number of fused-ring (bicyclic) bond motifs is 1. The summed E-state index contributed by atoms with van der Waals surface area (Å²) < 4.78 is 0. The van der Waals surface area contributed by atoms with Gasteiger partial charge in [0.2, 0.25) is 0 Å². The molecule has 0 bridgehead atoms. The molecule has 0 fully saturated rings. The number of rotatable bonds is 2. The monoisotopic (exact) mass is 328 g/mol. The topological polar surface area (TPSA) is 40.5 Å². The van der Waals surface area contributed by atoms with Gasteiger partial charge in [-0.05, 0) is 89.1 Å². The van der Waals surface area contributed by atoms with E-state index in [1.165, 1.54) is 16.7 Å². The lowest BCUT2D eigenvalue weighted by atomic mass is 9.93. The predicted molar refractivity (Wildman–Crippen MR) is 102 cm³/mol. The molecular weight excluding hydrogens is 308 g/mol. The third-order valence-corrected chi connectivity index (χ3v) is 4.99. The Morgan fingerprint density at radius 3 is 2.24 bits per heavy atom. The summed E-state index contributed by atoms with van der Waals surface area (Å²) in [5, 5.41) is 20.0. The zero-order chi connectivity index (χ0) is 17.6. The minimum absolute atomic E-state index is 0.299. The number of aryl methyl sites for hydroxylation is 2. The van der Waals surface area contributed by atoms with Gasteiger partial charge in [-0.15, -0.1) is 0 Å². The van der Waals surface area contributed by atoms with Crippen LogP contribution in [-0.2, 0) is 6.42 Å². The lowest BCUT2D eigenvalue weighted by Gasteiger charge is -2.11. The van der Waals surface area contributed by atoms with Crippen molar-refractivity contribution in [1.82, 2.24) is 0 Å². The second-order valence-electron chi connectivity index (χ2n) is 6.69. The predicted octanol–water partition coefficient (Wildman–Crippen LogP) is 5.23. The third kappa shape index (κ3) is 2.60. The van der Waals surface area contributed by atoms with Crippen molar-refractivity contribution in [3.05, 3.63) is 94.0 Å². The van der Waals surface area contributed by atoms with Gasteiger partial charge < -0.3 is 10.2 Å². The Hall–Kier alpha value is -3.00. The van der Waals surface area contributed by atoms with Crippen molar-refractivity contribution in [1.29, 1.82) is 0 Å². The molecule has 2 N–H and O–H groups in total. The standard InChI is InChI=1S/C23H20O2/c1-14-11-18(24)12-21-19(14)13-20(17-8-9-22(25)15(2)10-17)23(21)16-6-4-3-5-7-16/h3-12,24-25H,13H2,1-2H3. The van der Waals surface area contributed by atoms with Gasteiger partial charge in [-0.25, -0.2) is 0 Å². The Balaban J connectivity index is 2.00. The molecule has 0 saturated carbocycles. The number of allylic oxidation sites excluding steroid dienone is 1. The van der Waals surface area contributed by atoms with Crippen LogP contribution in [0.1, 0.15) is 33.4 Å². The number of benzene rings is 3. The third-order valence-electron chi connectivity index (χ3n) is 4.99. The SMILES string of the molecule is Cc1cc(C2=C(c3ccccc3)c3cc(O)cc(C)c3C2)ccc1O. The van der Waals surface area contributed by atoms with E-state index in [0.717, 1.165) is 34.2 Å². The summed E-state index contributed by atoms with van der Waals surface area (Å²) >= 11 is 0. The molecule has 3 aromatic rings. The highest BCUT2D eigenvalue weighted by atomic mass is 16.3. The maximum atomic E-state index is 10.1. The van der Waals surface area contributed by atoms with Crippen molar-refractivity contribution in [2.45, 2.75) is 20.3 Å². The fourth-order valence-corrected chi connectivity index (χ4v) is 3.71. The molecule has 2 heteroatoms. The molecular formula is C23H20O2. The van der Waals surface area contributed by atoms with E-state index >= 15 is 0 Å². The van der Waals surface area contributed by atoms with Gasteiger partial charge in [0.05, 0.1) is 0 Å². The normalized spacial score (nSPS) is 13.2. The largest absolute Gasteiger partial charge is 0.508 e. The van der Waals surface area contributed by atoms with Crippen LogP contribution < -0.4 is 0 Å². The fraction of sp³-hybridized carbons (Fsp3) is 0.130. The Morgan fingerprint density at radius 1 is 0.760 bits per heavy atom. The maximum absolute atomic E-state index is 10.1. The number of phenols is 2. The van der Waals surface area contributed by atoms with Gasteiger partial charge in [-0.1, -0.05) is 36.4 Å². The van der Waals surface area contributed by atoms with Crippen LogP contribution in [-0.4, -0.2) is 10.2 Å². The number of aromatic hydroxyl groups is 2. The van der Waals surface area contributed by atoms with E-state index in [0.29, 0.717) is 11.5 Å². The van der Waals surface area contributed by atoms with Crippen molar-refractivity contribution < 1.29 is 10.2 Å². The second-order valence-corrected chi connectivity index (χ2v) is 6.69. The van der Waals surface area contributed by atoms with Crippen LogP contribution in [0.5, 0.6) is 11.5 Å². The number of hydrogen-bond donors (Lipinski definition) is 2. The van der Waals surface area contributed by atoms with Crippen molar-refractivity contribution in [3.8, 4) is 11.5 Å². The summed E-state index contributed by atoms with van der Waals surface area (Å²) in [4.78, 5) is 0. The molecule has 0 atom stereocenters. The molecule has 0 radical (unpaired) electrons. The van der Waals surface area contributed by atoms with Crippen LogP contribution in [0.3, 0.4) is 0 Å². The quantitative estimate of drug-likeness (QED) is 0.676. The minimum Gasteiger partial charge on any atom is -0.508 e. The summed E-state index contributed by atoms with van der Waals surface area (Å²) in [6.45, 7) is 3.97. The molecule has 4 rings (SSSR count). The van der Waals surface area contributed by atoms with Gasteiger partial charge >= 0.3 is 0 Å². The molecule has 0 aliphatic heterocycles. The molecule has 1 aliphatic carbocycles. The van der Waals surface area contributed by atoms with E-state index in [2.05, 4.69) is 12.1 Å². The summed E-state index contributed by atoms with van der Waals surface area (Å²) in [7, 11) is 0. The first kappa shape index (κ1) is 15.5. The highest BCUT2D eigenvalue weighted by Crippen LogP contribution is 2.45. The lowest BCUT2D eigenvalue weighted by Crippen LogP contribution is -1.90. The van der Waals surface area contributed by atoms with E-state index in [1.807, 2.05) is 56.3 Å². The van der Waals surface area contributed by atoms with Crippen LogP contribution in [0.2, 0.25) is 0 Å². The molecule has 2 nitrogen and oxygen atoms in total. The average Bonchev–Trinajstić information content (AvgIpc) is 2.98. The van der Waals surface area contributed by atoms with E-state index in [4.69, 9.17) is 0 Å². The molecule has 0 amide bonds. The zero-order valence-corrected chi connectivity index (χ0v) is 14.4. The molecule has 0 aromatic heterocycles. The molecule has 0 spiro atoms. The van der Waals surface area contributed by atoms with Gasteiger partial charge in [0.15, 0.2) is 0 Å². The second kappa shape index (κ2) is 5.82. The van der Waals surface area contributed by atoms with Crippen molar-refractivity contribution in [3.63, 3.8) is 0 Å². The Bertz CT molecular complexity index is 998. The Kier molecular flexibility index (Phi) is 3.61. The van der Waals surface area contributed by atoms with Crippen LogP contribution >= 0.6 is 0 Å². The lowest BCUT2D eigenvalue weighted by molar-refractivity contribution is 0.471. The average molecular weight is 328 g/mol. The summed E-state index contributed by atoms with van der Waals surface area (Å²) in [5.74, 6) is 0.614. The number of hydrogen-bond acceptors (Lipinski definition) is 2. The van der Waals surface area contributed by atoms with Gasteiger partial charge in [-0.2, -0.15) is 0 Å². The van der Waals surface area contributed by atoms with Crippen LogP contribution in [0.25, 0.3) is 11.1 Å². The molecule has 0 saturated heterocycles. The summed E-state index contributed by atoms with van der Waals surface area (Å²) in [6, 6.07) is 19.8. The van der Waals surface area contributed by atoms with Crippen molar-refractivity contribution >= 4 is 11.1 Å². The minimum atomic E-state index is 0.299. The van der Waals surface area contributed by atoms with Gasteiger partial charge in [0, 0.05) is 0 Å². The van der Waals surface area contributed by atoms with Gasteiger partial charge in [0.1, 0.15) is 11.5 Å². The van der Waals surface area contributed by atoms with Gasteiger partial charge in [0.25, 0.3) is 0 Å². The van der Waals surface area contributed by atoms with E-state index < -0.39 is 0 Å². The maximum Gasteiger partial charge on any atom is 0.118 e. The van der Waals surface area contributed by atoms with Crippen LogP contribution in [0, 0.1) is 13.8 Å². The van der Waals surface area contributed by atoms with E-state index in [9.17, 15) is 10.2 Å². The highest BCUT2D eigenvalue weighted by Gasteiger charge is 2.26. The van der Waals surface area contributed by atoms with Gasteiger partial charge in [-0.3, -0.25) is 0 Å². The smallest absolute Gasteiger partial charge is 0.118 e. The van der Waals surface area contributed by atoms with Crippen molar-refractivity contribution in [2.24, 2.45) is 0 Å². The van der Waals surface area contributed by atoms with Crippen LogP contribution in [0.15, 0.2) is 60.7 Å². The molecule has 1 aliphatic rings.